The molecule has 0 heterocycles. The molecule has 0 aliphatic carbocycles. The number of rotatable bonds is 9. The van der Waals surface area contributed by atoms with Crippen molar-refractivity contribution in [3.63, 3.8) is 0 Å². The minimum atomic E-state index is -1.97. The van der Waals surface area contributed by atoms with Gasteiger partial charge in [0.2, 0.25) is 10.3 Å². The first kappa shape index (κ1) is 13.7. The summed E-state index contributed by atoms with van der Waals surface area (Å²) in [6.07, 6.45) is 8.90. The molecule has 14 heavy (non-hydrogen) atoms. The number of hydrogen-bond acceptors (Lipinski definition) is 3. The molecule has 0 rings (SSSR count). The molecule has 0 spiro atoms. The first-order valence-corrected chi connectivity index (χ1v) is 6.52. The molecule has 0 aromatic carbocycles. The number of unbranched alkanes of at least 4 members (excludes halogenated alkanes) is 7. The molecule has 0 saturated carbocycles. The smallest absolute Gasteiger partial charge is 0.209 e. The van der Waals surface area contributed by atoms with Crippen LogP contribution in [0.15, 0.2) is 0 Å². The highest BCUT2D eigenvalue weighted by Crippen LogP contribution is 2.07. The van der Waals surface area contributed by atoms with E-state index in [4.69, 9.17) is 5.73 Å². The van der Waals surface area contributed by atoms with Gasteiger partial charge in [0.05, 0.1) is 0 Å². The van der Waals surface area contributed by atoms with Crippen LogP contribution in [0.4, 0.5) is 0 Å². The van der Waals surface area contributed by atoms with Crippen LogP contribution in [-0.2, 0) is 10.3 Å². The Bertz CT molecular complexity index is 227. The van der Waals surface area contributed by atoms with Gasteiger partial charge in [0.25, 0.3) is 0 Å². The Labute approximate surface area is 88.2 Å². The Balaban J connectivity index is 3.03. The molecular weight excluding hydrogens is 198 g/mol. The maximum atomic E-state index is 10.1. The van der Waals surface area contributed by atoms with Crippen molar-refractivity contribution in [1.29, 1.82) is 0 Å². The summed E-state index contributed by atoms with van der Waals surface area (Å²) in [5.74, 6) is 0. The van der Waals surface area contributed by atoms with E-state index in [2.05, 4.69) is 0 Å². The lowest BCUT2D eigenvalue weighted by molar-refractivity contribution is 0.588. The summed E-state index contributed by atoms with van der Waals surface area (Å²) in [7, 11) is -1.97. The lowest BCUT2D eigenvalue weighted by atomic mass is 10.1. The molecule has 0 atom stereocenters. The minimum Gasteiger partial charge on any atom is -0.330 e. The Hall–Kier alpha value is -0.350. The molecule has 0 bridgehead atoms. The fourth-order valence-electron chi connectivity index (χ4n) is 1.35. The summed E-state index contributed by atoms with van der Waals surface area (Å²) in [6.45, 7) is 0.796. The second kappa shape index (κ2) is 10.7. The molecule has 3 nitrogen and oxygen atoms in total. The molecule has 0 fully saturated rings. The van der Waals surface area contributed by atoms with Crippen molar-refractivity contribution in [3.8, 4) is 0 Å². The fraction of sp³-hybridized carbons (Fsp3) is 0.900. The van der Waals surface area contributed by atoms with Crippen LogP contribution in [0.5, 0.6) is 0 Å². The molecule has 84 valence electrons. The van der Waals surface area contributed by atoms with Gasteiger partial charge >= 0.3 is 0 Å². The lowest BCUT2D eigenvalue weighted by Crippen LogP contribution is -1.97. The van der Waals surface area contributed by atoms with Gasteiger partial charge in [0, 0.05) is 5.37 Å². The van der Waals surface area contributed by atoms with Crippen molar-refractivity contribution in [2.45, 2.75) is 51.4 Å². The maximum Gasteiger partial charge on any atom is 0.209 e. The topological polar surface area (TPSA) is 60.2 Å². The Kier molecular flexibility index (Phi) is 10.5. The molecule has 0 aliphatic rings. The van der Waals surface area contributed by atoms with Crippen LogP contribution < -0.4 is 5.73 Å². The minimum absolute atomic E-state index is 0.693. The summed E-state index contributed by atoms with van der Waals surface area (Å²) in [4.78, 5) is 0. The molecule has 0 amide bonds. The van der Waals surface area contributed by atoms with Crippen molar-refractivity contribution in [2.75, 3.05) is 6.54 Å². The summed E-state index contributed by atoms with van der Waals surface area (Å²) >= 11 is 0. The van der Waals surface area contributed by atoms with E-state index in [0.717, 1.165) is 25.8 Å². The van der Waals surface area contributed by atoms with Gasteiger partial charge in [-0.2, -0.15) is 8.42 Å². The van der Waals surface area contributed by atoms with E-state index < -0.39 is 10.3 Å². The standard InChI is InChI=1S/C10H21NO2S/c11-9-7-5-3-1-2-4-6-8-10-14(12)13/h10H,1-9,11H2. The van der Waals surface area contributed by atoms with E-state index in [0.29, 0.717) is 6.42 Å². The second-order valence-electron chi connectivity index (χ2n) is 3.48. The highest BCUT2D eigenvalue weighted by molar-refractivity contribution is 7.71. The quantitative estimate of drug-likeness (QED) is 0.475. The Morgan fingerprint density at radius 2 is 1.36 bits per heavy atom. The third-order valence-electron chi connectivity index (χ3n) is 2.16. The molecule has 0 unspecified atom stereocenters. The third-order valence-corrected chi connectivity index (χ3v) is 2.67. The van der Waals surface area contributed by atoms with Gasteiger partial charge in [-0.05, 0) is 25.8 Å². The van der Waals surface area contributed by atoms with Gasteiger partial charge in [-0.1, -0.05) is 32.1 Å². The van der Waals surface area contributed by atoms with Crippen molar-refractivity contribution in [2.24, 2.45) is 5.73 Å². The SMILES string of the molecule is NCCCCCCCCCC=S(=O)=O. The molecular formula is C10H21NO2S. The molecule has 0 radical (unpaired) electrons. The van der Waals surface area contributed by atoms with Crippen LogP contribution in [0.3, 0.4) is 0 Å². The highest BCUT2D eigenvalue weighted by Gasteiger charge is 1.90. The molecule has 4 heteroatoms. The van der Waals surface area contributed by atoms with Crippen molar-refractivity contribution in [1.82, 2.24) is 0 Å². The zero-order valence-electron chi connectivity index (χ0n) is 8.74. The van der Waals surface area contributed by atoms with E-state index in [1.54, 1.807) is 0 Å². The van der Waals surface area contributed by atoms with E-state index in [1.165, 1.54) is 31.1 Å². The van der Waals surface area contributed by atoms with Crippen molar-refractivity contribution in [3.05, 3.63) is 0 Å². The first-order chi connectivity index (χ1) is 6.77. The van der Waals surface area contributed by atoms with Crippen molar-refractivity contribution >= 4 is 15.7 Å². The number of nitrogens with two attached hydrogens (primary N) is 1. The summed E-state index contributed by atoms with van der Waals surface area (Å²) in [5.41, 5.74) is 5.37. The van der Waals surface area contributed by atoms with E-state index >= 15 is 0 Å². The van der Waals surface area contributed by atoms with Crippen LogP contribution >= 0.6 is 0 Å². The van der Waals surface area contributed by atoms with Gasteiger partial charge in [-0.25, -0.2) is 0 Å². The van der Waals surface area contributed by atoms with Crippen LogP contribution in [0.25, 0.3) is 0 Å². The van der Waals surface area contributed by atoms with Crippen LogP contribution in [-0.4, -0.2) is 20.3 Å². The van der Waals surface area contributed by atoms with Crippen LogP contribution in [0.2, 0.25) is 0 Å². The lowest BCUT2D eigenvalue weighted by Gasteiger charge is -1.99. The average molecular weight is 219 g/mol. The maximum absolute atomic E-state index is 10.1. The summed E-state index contributed by atoms with van der Waals surface area (Å²) in [6, 6.07) is 0. The van der Waals surface area contributed by atoms with E-state index in [1.807, 2.05) is 0 Å². The van der Waals surface area contributed by atoms with Crippen molar-refractivity contribution < 1.29 is 8.42 Å². The number of hydrogen-bond donors (Lipinski definition) is 1. The van der Waals surface area contributed by atoms with Crippen LogP contribution in [0.1, 0.15) is 51.4 Å². The third kappa shape index (κ3) is 11.6. The summed E-state index contributed by atoms with van der Waals surface area (Å²) in [5, 5.41) is 1.34. The zero-order valence-corrected chi connectivity index (χ0v) is 9.56. The summed E-state index contributed by atoms with van der Waals surface area (Å²) < 4.78 is 20.3. The fourth-order valence-corrected chi connectivity index (χ4v) is 1.71. The normalized spacial score (nSPS) is 10.1. The van der Waals surface area contributed by atoms with E-state index in [-0.39, 0.29) is 0 Å². The predicted molar refractivity (Wildman–Crippen MR) is 61.0 cm³/mol. The molecule has 0 aromatic heterocycles. The van der Waals surface area contributed by atoms with Gasteiger partial charge in [-0.15, -0.1) is 0 Å². The Morgan fingerprint density at radius 1 is 0.857 bits per heavy atom. The molecule has 2 N–H and O–H groups in total. The highest BCUT2D eigenvalue weighted by atomic mass is 32.2. The van der Waals surface area contributed by atoms with Gasteiger partial charge < -0.3 is 5.73 Å². The molecule has 0 saturated heterocycles. The van der Waals surface area contributed by atoms with Gasteiger partial charge in [0.1, 0.15) is 0 Å². The molecule has 0 aromatic rings. The average Bonchev–Trinajstić information content (AvgIpc) is 2.15. The second-order valence-corrected chi connectivity index (χ2v) is 4.33. The molecule has 0 aliphatic heterocycles. The predicted octanol–water partition coefficient (Wildman–Crippen LogP) is 1.75. The zero-order chi connectivity index (χ0) is 10.6. The van der Waals surface area contributed by atoms with Gasteiger partial charge in [-0.3, -0.25) is 0 Å². The Morgan fingerprint density at radius 3 is 1.86 bits per heavy atom. The first-order valence-electron chi connectivity index (χ1n) is 5.39. The largest absolute Gasteiger partial charge is 0.330 e. The monoisotopic (exact) mass is 219 g/mol. The van der Waals surface area contributed by atoms with Crippen LogP contribution in [0, 0.1) is 0 Å². The van der Waals surface area contributed by atoms with E-state index in [9.17, 15) is 8.42 Å². The van der Waals surface area contributed by atoms with Gasteiger partial charge in [0.15, 0.2) is 0 Å².